The number of aryl methyl sites for hydroxylation is 1. The topological polar surface area (TPSA) is 83.8 Å². The number of nitrogens with zero attached hydrogens (tertiary/aromatic N) is 5. The van der Waals surface area contributed by atoms with E-state index in [0.29, 0.717) is 34.2 Å². The number of aromatic amines is 1. The Morgan fingerprint density at radius 2 is 1.97 bits per heavy atom. The lowest BCUT2D eigenvalue weighted by Gasteiger charge is -2.40. The van der Waals surface area contributed by atoms with Crippen molar-refractivity contribution in [1.29, 1.82) is 0 Å². The van der Waals surface area contributed by atoms with Crippen LogP contribution in [0.5, 0.6) is 0 Å². The van der Waals surface area contributed by atoms with E-state index in [-0.39, 0.29) is 5.56 Å². The van der Waals surface area contributed by atoms with Crippen LogP contribution in [0.25, 0.3) is 33.1 Å². The van der Waals surface area contributed by atoms with E-state index in [1.807, 2.05) is 50.2 Å². The molecule has 2 saturated heterocycles. The standard InChI is InChI=1S/C24H28ClN7O/c1-4-31-12-18-19(29-31)8-7-16(21(18)25)17-11-27-22-20(17)23(33)30(3)24(28-22)32-14-5-6-15(32)10-13(9-14)26-2/h7-8,11-15,26-27H,4-6,9-10H2,1-3H3. The maximum absolute atomic E-state index is 13.6. The van der Waals surface area contributed by atoms with Crippen LogP contribution in [-0.4, -0.2) is 49.5 Å². The molecule has 0 amide bonds. The fraction of sp³-hybridized carbons (Fsp3) is 0.458. The Bertz CT molecular complexity index is 1420. The van der Waals surface area contributed by atoms with Gasteiger partial charge in [-0.1, -0.05) is 17.7 Å². The molecule has 1 aromatic carbocycles. The van der Waals surface area contributed by atoms with Crippen molar-refractivity contribution in [1.82, 2.24) is 29.6 Å². The second-order valence-electron chi connectivity index (χ2n) is 9.30. The Labute approximate surface area is 196 Å². The monoisotopic (exact) mass is 465 g/mol. The summed E-state index contributed by atoms with van der Waals surface area (Å²) in [5.41, 5.74) is 2.99. The van der Waals surface area contributed by atoms with Gasteiger partial charge in [-0.05, 0) is 45.7 Å². The molecule has 0 spiro atoms. The predicted octanol–water partition coefficient (Wildman–Crippen LogP) is 3.67. The van der Waals surface area contributed by atoms with Gasteiger partial charge in [0.1, 0.15) is 5.65 Å². The van der Waals surface area contributed by atoms with E-state index in [1.54, 1.807) is 4.57 Å². The van der Waals surface area contributed by atoms with Crippen LogP contribution < -0.4 is 15.8 Å². The van der Waals surface area contributed by atoms with E-state index in [0.717, 1.165) is 60.2 Å². The zero-order valence-electron chi connectivity index (χ0n) is 19.1. The molecule has 172 valence electrons. The first kappa shape index (κ1) is 20.7. The third-order valence-corrected chi connectivity index (χ3v) is 7.95. The summed E-state index contributed by atoms with van der Waals surface area (Å²) >= 11 is 6.81. The summed E-state index contributed by atoms with van der Waals surface area (Å²) in [5, 5.41) is 10.0. The number of hydrogen-bond acceptors (Lipinski definition) is 5. The van der Waals surface area contributed by atoms with Crippen molar-refractivity contribution in [3.05, 3.63) is 39.9 Å². The van der Waals surface area contributed by atoms with Gasteiger partial charge >= 0.3 is 0 Å². The number of benzene rings is 1. The molecule has 2 aliphatic heterocycles. The molecule has 2 unspecified atom stereocenters. The molecule has 0 aliphatic carbocycles. The summed E-state index contributed by atoms with van der Waals surface area (Å²) in [6, 6.07) is 5.26. The maximum Gasteiger partial charge on any atom is 0.264 e. The summed E-state index contributed by atoms with van der Waals surface area (Å²) in [6.45, 7) is 2.81. The Balaban J connectivity index is 1.47. The first-order valence-corrected chi connectivity index (χ1v) is 12.1. The number of nitrogens with one attached hydrogen (secondary N) is 2. The van der Waals surface area contributed by atoms with Crippen molar-refractivity contribution in [2.75, 3.05) is 11.9 Å². The van der Waals surface area contributed by atoms with Gasteiger partial charge in [-0.3, -0.25) is 14.0 Å². The van der Waals surface area contributed by atoms with Crippen molar-refractivity contribution < 1.29 is 0 Å². The van der Waals surface area contributed by atoms with Gasteiger partial charge < -0.3 is 15.2 Å². The molecule has 0 saturated carbocycles. The zero-order valence-corrected chi connectivity index (χ0v) is 19.9. The summed E-state index contributed by atoms with van der Waals surface area (Å²) in [5.74, 6) is 0.758. The molecular weight excluding hydrogens is 438 g/mol. The molecule has 9 heteroatoms. The van der Waals surface area contributed by atoms with Gasteiger partial charge in [0.25, 0.3) is 5.56 Å². The van der Waals surface area contributed by atoms with Crippen molar-refractivity contribution in [3.8, 4) is 11.1 Å². The molecule has 2 aliphatic rings. The lowest BCUT2D eigenvalue weighted by molar-refractivity contribution is 0.367. The van der Waals surface area contributed by atoms with Crippen molar-refractivity contribution >= 4 is 39.5 Å². The molecule has 0 radical (unpaired) electrons. The minimum atomic E-state index is -0.0539. The molecule has 8 nitrogen and oxygen atoms in total. The van der Waals surface area contributed by atoms with Crippen LogP contribution >= 0.6 is 11.6 Å². The van der Waals surface area contributed by atoms with Gasteiger partial charge in [0, 0.05) is 60.6 Å². The first-order valence-electron chi connectivity index (χ1n) is 11.7. The van der Waals surface area contributed by atoms with E-state index >= 15 is 0 Å². The highest BCUT2D eigenvalue weighted by atomic mass is 35.5. The van der Waals surface area contributed by atoms with Crippen LogP contribution in [-0.2, 0) is 13.6 Å². The van der Waals surface area contributed by atoms with Gasteiger partial charge in [0.2, 0.25) is 5.95 Å². The van der Waals surface area contributed by atoms with Gasteiger partial charge in [0.05, 0.1) is 15.9 Å². The van der Waals surface area contributed by atoms with Crippen LogP contribution in [0.4, 0.5) is 5.95 Å². The van der Waals surface area contributed by atoms with E-state index in [1.165, 1.54) is 0 Å². The summed E-state index contributed by atoms with van der Waals surface area (Å²) < 4.78 is 3.58. The Kier molecular flexibility index (Phi) is 4.78. The molecular formula is C24H28ClN7O. The van der Waals surface area contributed by atoms with E-state index in [4.69, 9.17) is 16.6 Å². The van der Waals surface area contributed by atoms with Crippen LogP contribution in [0, 0.1) is 0 Å². The number of hydrogen-bond donors (Lipinski definition) is 2. The Morgan fingerprint density at radius 1 is 1.21 bits per heavy atom. The van der Waals surface area contributed by atoms with Crippen molar-refractivity contribution in [3.63, 3.8) is 0 Å². The lowest BCUT2D eigenvalue weighted by atomic mass is 9.98. The van der Waals surface area contributed by atoms with Crippen molar-refractivity contribution in [2.24, 2.45) is 7.05 Å². The average molecular weight is 466 g/mol. The molecule has 2 atom stereocenters. The second kappa shape index (κ2) is 7.60. The fourth-order valence-corrected chi connectivity index (χ4v) is 6.12. The Morgan fingerprint density at radius 3 is 2.67 bits per heavy atom. The van der Waals surface area contributed by atoms with Gasteiger partial charge in [0.15, 0.2) is 0 Å². The third kappa shape index (κ3) is 3.04. The number of aromatic nitrogens is 5. The third-order valence-electron chi connectivity index (χ3n) is 7.55. The normalized spacial score (nSPS) is 22.7. The minimum absolute atomic E-state index is 0.0539. The zero-order chi connectivity index (χ0) is 22.9. The highest BCUT2D eigenvalue weighted by Crippen LogP contribution is 2.40. The summed E-state index contributed by atoms with van der Waals surface area (Å²) in [4.78, 5) is 24.2. The van der Waals surface area contributed by atoms with Crippen molar-refractivity contribution in [2.45, 2.75) is 57.3 Å². The largest absolute Gasteiger partial charge is 0.345 e. The average Bonchev–Trinajstić information content (AvgIpc) is 3.50. The number of H-pyrrole nitrogens is 1. The lowest BCUT2D eigenvalue weighted by Crippen LogP contribution is -2.50. The number of piperidine rings is 1. The quantitative estimate of drug-likeness (QED) is 0.480. The minimum Gasteiger partial charge on any atom is -0.345 e. The molecule has 2 fully saturated rings. The fourth-order valence-electron chi connectivity index (χ4n) is 5.81. The summed E-state index contributed by atoms with van der Waals surface area (Å²) in [7, 11) is 3.87. The highest BCUT2D eigenvalue weighted by molar-refractivity contribution is 6.38. The molecule has 5 heterocycles. The highest BCUT2D eigenvalue weighted by Gasteiger charge is 2.42. The molecule has 3 aromatic heterocycles. The molecule has 2 N–H and O–H groups in total. The van der Waals surface area contributed by atoms with Gasteiger partial charge in [-0.25, -0.2) is 0 Å². The first-order chi connectivity index (χ1) is 16.0. The number of rotatable bonds is 4. The molecule has 6 rings (SSSR count). The van der Waals surface area contributed by atoms with Crippen LogP contribution in [0.2, 0.25) is 5.02 Å². The Hall–Kier alpha value is -2.84. The van der Waals surface area contributed by atoms with Gasteiger partial charge in [-0.15, -0.1) is 0 Å². The predicted molar refractivity (Wildman–Crippen MR) is 132 cm³/mol. The maximum atomic E-state index is 13.6. The summed E-state index contributed by atoms with van der Waals surface area (Å²) in [6.07, 6.45) is 8.26. The smallest absolute Gasteiger partial charge is 0.264 e. The second-order valence-corrected chi connectivity index (χ2v) is 9.67. The van der Waals surface area contributed by atoms with Gasteiger partial charge in [-0.2, -0.15) is 10.1 Å². The van der Waals surface area contributed by atoms with Crippen LogP contribution in [0.1, 0.15) is 32.6 Å². The number of fused-ring (bicyclic) bond motifs is 4. The van der Waals surface area contributed by atoms with E-state index in [9.17, 15) is 4.79 Å². The molecule has 4 aromatic rings. The number of anilines is 1. The SMILES string of the molecule is CCn1cc2c(Cl)c(-c3c[nH]c4nc(N5C6CCC5CC(NC)C6)n(C)c(=O)c34)ccc2n1. The van der Waals surface area contributed by atoms with E-state index < -0.39 is 0 Å². The molecule has 33 heavy (non-hydrogen) atoms. The van der Waals surface area contributed by atoms with E-state index in [2.05, 4.69) is 20.3 Å². The number of halogens is 1. The van der Waals surface area contributed by atoms with Crippen LogP contribution in [0.15, 0.2) is 29.3 Å². The van der Waals surface area contributed by atoms with Crippen LogP contribution in [0.3, 0.4) is 0 Å². The molecule has 2 bridgehead atoms.